The van der Waals surface area contributed by atoms with Gasteiger partial charge in [-0.3, -0.25) is 4.79 Å². The zero-order valence-electron chi connectivity index (χ0n) is 14.3. The number of ether oxygens (including phenoxy) is 2. The number of rotatable bonds is 2. The molecule has 0 bridgehead atoms. The molecule has 2 heterocycles. The number of hydrogen-bond acceptors (Lipinski definition) is 4. The first-order chi connectivity index (χ1) is 12.2. The highest BCUT2D eigenvalue weighted by atomic mass is 19.4. The quantitative estimate of drug-likeness (QED) is 0.592. The molecule has 1 aromatic carbocycles. The molecule has 1 aromatic rings. The normalized spacial score (nSPS) is 22.5. The van der Waals surface area contributed by atoms with E-state index in [1.807, 2.05) is 25.1 Å². The number of carbonyl (C=O) groups is 2. The molecule has 1 fully saturated rings. The molecule has 0 N–H and O–H groups in total. The van der Waals surface area contributed by atoms with E-state index in [1.165, 1.54) is 4.90 Å². The number of halogens is 3. The lowest BCUT2D eigenvalue weighted by Crippen LogP contribution is -2.45. The fraction of sp³-hybridized carbons (Fsp3) is 0.556. The SMILES string of the molecule is C[C@H]1CC[C@H](c2ccc3c(c2)OCC3)N(C(=O)C(=O)OCC(F)(F)F)C1. The van der Waals surface area contributed by atoms with Crippen molar-refractivity contribution in [1.82, 2.24) is 4.90 Å². The Labute approximate surface area is 149 Å². The highest BCUT2D eigenvalue weighted by Gasteiger charge is 2.37. The third-order valence-corrected chi connectivity index (χ3v) is 4.72. The van der Waals surface area contributed by atoms with Crippen molar-refractivity contribution in [2.45, 2.75) is 38.4 Å². The van der Waals surface area contributed by atoms with Gasteiger partial charge in [0.1, 0.15) is 5.75 Å². The Balaban J connectivity index is 1.78. The molecular formula is C18H20F3NO4. The first kappa shape index (κ1) is 18.5. The van der Waals surface area contributed by atoms with Crippen molar-refractivity contribution in [3.05, 3.63) is 29.3 Å². The van der Waals surface area contributed by atoms with Gasteiger partial charge in [-0.1, -0.05) is 19.1 Å². The molecule has 2 atom stereocenters. The monoisotopic (exact) mass is 371 g/mol. The Bertz CT molecular complexity index is 704. The molecule has 142 valence electrons. The number of benzene rings is 1. The van der Waals surface area contributed by atoms with E-state index >= 15 is 0 Å². The van der Waals surface area contributed by atoms with Crippen LogP contribution in [0.4, 0.5) is 13.2 Å². The number of amides is 1. The summed E-state index contributed by atoms with van der Waals surface area (Å²) in [4.78, 5) is 25.6. The zero-order valence-corrected chi connectivity index (χ0v) is 14.3. The van der Waals surface area contributed by atoms with Crippen LogP contribution in [0.3, 0.4) is 0 Å². The second-order valence-corrected chi connectivity index (χ2v) is 6.81. The minimum atomic E-state index is -4.66. The fourth-order valence-corrected chi connectivity index (χ4v) is 3.44. The van der Waals surface area contributed by atoms with E-state index in [9.17, 15) is 22.8 Å². The van der Waals surface area contributed by atoms with Crippen molar-refractivity contribution < 1.29 is 32.2 Å². The summed E-state index contributed by atoms with van der Waals surface area (Å²) in [6, 6.07) is 5.28. The predicted octanol–water partition coefficient (Wildman–Crippen LogP) is 3.03. The molecule has 0 spiro atoms. The number of hydrogen-bond donors (Lipinski definition) is 0. The number of carbonyl (C=O) groups excluding carboxylic acids is 2. The van der Waals surface area contributed by atoms with E-state index in [0.717, 1.165) is 29.7 Å². The van der Waals surface area contributed by atoms with Crippen molar-refractivity contribution in [2.75, 3.05) is 19.8 Å². The predicted molar refractivity (Wildman–Crippen MR) is 85.5 cm³/mol. The van der Waals surface area contributed by atoms with Crippen LogP contribution < -0.4 is 4.74 Å². The van der Waals surface area contributed by atoms with Crippen molar-refractivity contribution in [1.29, 1.82) is 0 Å². The molecule has 8 heteroatoms. The maximum Gasteiger partial charge on any atom is 0.422 e. The minimum Gasteiger partial charge on any atom is -0.493 e. The molecule has 0 aromatic heterocycles. The van der Waals surface area contributed by atoms with Gasteiger partial charge in [-0.05, 0) is 36.0 Å². The van der Waals surface area contributed by atoms with Crippen molar-refractivity contribution >= 4 is 11.9 Å². The maximum absolute atomic E-state index is 12.4. The Hall–Kier alpha value is -2.25. The highest BCUT2D eigenvalue weighted by molar-refractivity contribution is 6.32. The van der Waals surface area contributed by atoms with Crippen LogP contribution in [0, 0.1) is 5.92 Å². The highest BCUT2D eigenvalue weighted by Crippen LogP contribution is 2.37. The molecule has 2 aliphatic rings. The summed E-state index contributed by atoms with van der Waals surface area (Å²) in [5, 5.41) is 0. The number of nitrogens with zero attached hydrogens (tertiary/aromatic N) is 1. The summed E-state index contributed by atoms with van der Waals surface area (Å²) in [5.41, 5.74) is 1.90. The van der Waals surface area contributed by atoms with Crippen molar-refractivity contribution in [3.8, 4) is 5.75 Å². The lowest BCUT2D eigenvalue weighted by atomic mass is 9.89. The van der Waals surface area contributed by atoms with Gasteiger partial charge in [-0.2, -0.15) is 13.2 Å². The number of likely N-dealkylation sites (tertiary alicyclic amines) is 1. The van der Waals surface area contributed by atoms with Gasteiger partial charge in [0, 0.05) is 13.0 Å². The van der Waals surface area contributed by atoms with Crippen molar-refractivity contribution in [2.24, 2.45) is 5.92 Å². The van der Waals surface area contributed by atoms with Crippen LogP contribution in [0.25, 0.3) is 0 Å². The van der Waals surface area contributed by atoms with Crippen LogP contribution in [0.15, 0.2) is 18.2 Å². The molecule has 26 heavy (non-hydrogen) atoms. The number of alkyl halides is 3. The first-order valence-corrected chi connectivity index (χ1v) is 8.54. The van der Waals surface area contributed by atoms with Gasteiger partial charge in [0.2, 0.25) is 0 Å². The lowest BCUT2D eigenvalue weighted by molar-refractivity contribution is -0.190. The summed E-state index contributed by atoms with van der Waals surface area (Å²) >= 11 is 0. The van der Waals surface area contributed by atoms with E-state index in [-0.39, 0.29) is 12.0 Å². The summed E-state index contributed by atoms with van der Waals surface area (Å²) in [6.07, 6.45) is -2.37. The first-order valence-electron chi connectivity index (χ1n) is 8.54. The summed E-state index contributed by atoms with van der Waals surface area (Å²) in [6.45, 7) is 1.07. The average molecular weight is 371 g/mol. The van der Waals surface area contributed by atoms with Gasteiger partial charge >= 0.3 is 18.1 Å². The second-order valence-electron chi connectivity index (χ2n) is 6.81. The van der Waals surface area contributed by atoms with Gasteiger partial charge in [0.15, 0.2) is 6.61 Å². The number of piperidine rings is 1. The van der Waals surface area contributed by atoms with Gasteiger partial charge in [-0.25, -0.2) is 4.79 Å². The van der Waals surface area contributed by atoms with Gasteiger partial charge in [0.25, 0.3) is 0 Å². The van der Waals surface area contributed by atoms with Gasteiger partial charge < -0.3 is 14.4 Å². The van der Waals surface area contributed by atoms with Crippen LogP contribution >= 0.6 is 0 Å². The fourth-order valence-electron chi connectivity index (χ4n) is 3.44. The molecule has 0 saturated carbocycles. The molecule has 2 aliphatic heterocycles. The van der Waals surface area contributed by atoms with Crippen LogP contribution in [0.1, 0.15) is 36.9 Å². The minimum absolute atomic E-state index is 0.149. The Morgan fingerprint density at radius 1 is 1.31 bits per heavy atom. The van der Waals surface area contributed by atoms with Crippen LogP contribution in [0.2, 0.25) is 0 Å². The lowest BCUT2D eigenvalue weighted by Gasteiger charge is -2.38. The molecule has 1 saturated heterocycles. The molecule has 3 rings (SSSR count). The Morgan fingerprint density at radius 3 is 2.81 bits per heavy atom. The van der Waals surface area contributed by atoms with E-state index in [4.69, 9.17) is 4.74 Å². The third-order valence-electron chi connectivity index (χ3n) is 4.72. The van der Waals surface area contributed by atoms with E-state index in [2.05, 4.69) is 4.74 Å². The Kier molecular flexibility index (Phi) is 5.11. The van der Waals surface area contributed by atoms with Crippen LogP contribution in [0.5, 0.6) is 5.75 Å². The molecule has 1 amide bonds. The topological polar surface area (TPSA) is 55.8 Å². The molecule has 0 unspecified atom stereocenters. The van der Waals surface area contributed by atoms with E-state index < -0.39 is 24.7 Å². The smallest absolute Gasteiger partial charge is 0.422 e. The maximum atomic E-state index is 12.4. The molecular weight excluding hydrogens is 351 g/mol. The Morgan fingerprint density at radius 2 is 2.08 bits per heavy atom. The molecule has 5 nitrogen and oxygen atoms in total. The second kappa shape index (κ2) is 7.17. The molecule has 0 radical (unpaired) electrons. The number of fused-ring (bicyclic) bond motifs is 1. The van der Waals surface area contributed by atoms with Crippen LogP contribution in [-0.2, 0) is 20.7 Å². The number of esters is 1. The van der Waals surface area contributed by atoms with Crippen LogP contribution in [-0.4, -0.2) is 42.7 Å². The zero-order chi connectivity index (χ0) is 18.9. The summed E-state index contributed by atoms with van der Waals surface area (Å²) in [5.74, 6) is -1.60. The summed E-state index contributed by atoms with van der Waals surface area (Å²) < 4.78 is 46.4. The standard InChI is InChI=1S/C18H20F3NO4/c1-11-2-5-14(13-4-3-12-6-7-25-15(12)8-13)22(9-11)16(23)17(24)26-10-18(19,20)21/h3-4,8,11,14H,2,5-7,9-10H2,1H3/t11-,14+/m0/s1. The average Bonchev–Trinajstić information content (AvgIpc) is 3.06. The third kappa shape index (κ3) is 4.11. The van der Waals surface area contributed by atoms with E-state index in [0.29, 0.717) is 19.6 Å². The van der Waals surface area contributed by atoms with Crippen molar-refractivity contribution in [3.63, 3.8) is 0 Å². The summed E-state index contributed by atoms with van der Waals surface area (Å²) in [7, 11) is 0. The molecule has 0 aliphatic carbocycles. The van der Waals surface area contributed by atoms with Gasteiger partial charge in [-0.15, -0.1) is 0 Å². The van der Waals surface area contributed by atoms with Gasteiger partial charge in [0.05, 0.1) is 12.6 Å². The largest absolute Gasteiger partial charge is 0.493 e. The van der Waals surface area contributed by atoms with E-state index in [1.54, 1.807) is 0 Å².